The number of nitrogens with zero attached hydrogens (tertiary/aromatic N) is 2. The molecule has 1 aliphatic carbocycles. The molecular weight excluding hydrogens is 501 g/mol. The van der Waals surface area contributed by atoms with E-state index in [0.29, 0.717) is 29.8 Å². The molecule has 1 N–H and O–H groups in total. The van der Waals surface area contributed by atoms with Gasteiger partial charge in [0.25, 0.3) is 0 Å². The standard InChI is InChI=1S/C28H27F3N2O5/c29-22-11-16(27(34)35)7-10-23(22)33-17-8-9-18(33)13-19(12-17)36-14-21-25(32-38-26(21)15-5-6-15)20-3-1-2-4-24(20)37-28(30)31/h1-4,7,10-11,15,17-19,28H,5-6,8-9,12-14H2,(H,34,35)/t17-,18?,19?/m0/s1. The number of hydrogen-bond acceptors (Lipinski definition) is 6. The van der Waals surface area contributed by atoms with Gasteiger partial charge in [-0.3, -0.25) is 0 Å². The molecule has 2 unspecified atom stereocenters. The Bertz CT molecular complexity index is 1330. The molecule has 0 amide bonds. The highest BCUT2D eigenvalue weighted by molar-refractivity contribution is 5.88. The Morgan fingerprint density at radius 2 is 1.84 bits per heavy atom. The van der Waals surface area contributed by atoms with Crippen LogP contribution < -0.4 is 9.64 Å². The average Bonchev–Trinajstić information content (AvgIpc) is 3.59. The number of fused-ring (bicyclic) bond motifs is 2. The molecule has 2 saturated heterocycles. The van der Waals surface area contributed by atoms with Crippen LogP contribution in [0.5, 0.6) is 5.75 Å². The summed E-state index contributed by atoms with van der Waals surface area (Å²) in [7, 11) is 0. The molecule has 0 radical (unpaired) electrons. The molecule has 3 atom stereocenters. The van der Waals surface area contributed by atoms with Crippen LogP contribution in [0.15, 0.2) is 47.0 Å². The summed E-state index contributed by atoms with van der Waals surface area (Å²) in [6.07, 6.45) is 5.07. The lowest BCUT2D eigenvalue weighted by Gasteiger charge is -2.40. The van der Waals surface area contributed by atoms with Crippen molar-refractivity contribution in [2.45, 2.75) is 75.8 Å². The van der Waals surface area contributed by atoms with Crippen molar-refractivity contribution >= 4 is 11.7 Å². The molecule has 10 heteroatoms. The maximum absolute atomic E-state index is 14.8. The third-order valence-electron chi connectivity index (χ3n) is 7.75. The van der Waals surface area contributed by atoms with Gasteiger partial charge in [0, 0.05) is 29.1 Å². The summed E-state index contributed by atoms with van der Waals surface area (Å²) in [5, 5.41) is 13.4. The van der Waals surface area contributed by atoms with Crippen LogP contribution in [0.25, 0.3) is 11.3 Å². The highest BCUT2D eigenvalue weighted by Gasteiger charge is 2.42. The summed E-state index contributed by atoms with van der Waals surface area (Å²) in [6, 6.07) is 10.7. The quantitative estimate of drug-likeness (QED) is 0.345. The van der Waals surface area contributed by atoms with Gasteiger partial charge in [-0.05, 0) is 68.9 Å². The van der Waals surface area contributed by atoms with Gasteiger partial charge >= 0.3 is 12.6 Å². The average molecular weight is 529 g/mol. The minimum atomic E-state index is -2.96. The zero-order valence-corrected chi connectivity index (χ0v) is 20.5. The van der Waals surface area contributed by atoms with Crippen LogP contribution in [0.3, 0.4) is 0 Å². The van der Waals surface area contributed by atoms with E-state index in [9.17, 15) is 18.0 Å². The van der Waals surface area contributed by atoms with E-state index in [-0.39, 0.29) is 42.0 Å². The highest BCUT2D eigenvalue weighted by atomic mass is 19.3. The summed E-state index contributed by atoms with van der Waals surface area (Å²) in [5.74, 6) is -0.691. The minimum absolute atomic E-state index is 0.0293. The number of aromatic nitrogens is 1. The number of rotatable bonds is 9. The fourth-order valence-electron chi connectivity index (χ4n) is 5.91. The van der Waals surface area contributed by atoms with Crippen LogP contribution in [0.1, 0.15) is 66.1 Å². The second-order valence-corrected chi connectivity index (χ2v) is 10.2. The Balaban J connectivity index is 1.20. The maximum atomic E-state index is 14.8. The van der Waals surface area contributed by atoms with Gasteiger partial charge in [-0.25, -0.2) is 9.18 Å². The van der Waals surface area contributed by atoms with Gasteiger partial charge in [0.05, 0.1) is 24.0 Å². The number of piperidine rings is 1. The molecule has 3 heterocycles. The molecule has 2 bridgehead atoms. The van der Waals surface area contributed by atoms with Crippen molar-refractivity contribution in [3.63, 3.8) is 0 Å². The zero-order valence-electron chi connectivity index (χ0n) is 20.5. The van der Waals surface area contributed by atoms with Crippen LogP contribution in [0.4, 0.5) is 18.9 Å². The van der Waals surface area contributed by atoms with Gasteiger partial charge in [0.2, 0.25) is 0 Å². The van der Waals surface area contributed by atoms with Crippen LogP contribution in [-0.2, 0) is 11.3 Å². The summed E-state index contributed by atoms with van der Waals surface area (Å²) >= 11 is 0. The van der Waals surface area contributed by atoms with E-state index in [1.165, 1.54) is 12.1 Å². The summed E-state index contributed by atoms with van der Waals surface area (Å²) in [5.41, 5.74) is 1.98. The van der Waals surface area contributed by atoms with Crippen LogP contribution in [0, 0.1) is 5.82 Å². The first-order chi connectivity index (χ1) is 18.4. The summed E-state index contributed by atoms with van der Waals surface area (Å²) in [6.45, 7) is -2.74. The van der Waals surface area contributed by atoms with Gasteiger partial charge in [-0.15, -0.1) is 0 Å². The number of halogens is 3. The molecule has 3 fully saturated rings. The third-order valence-corrected chi connectivity index (χ3v) is 7.75. The van der Waals surface area contributed by atoms with Crippen molar-refractivity contribution in [2.24, 2.45) is 0 Å². The molecule has 6 rings (SSSR count). The van der Waals surface area contributed by atoms with E-state index in [0.717, 1.165) is 43.1 Å². The lowest BCUT2D eigenvalue weighted by molar-refractivity contribution is -0.0494. The van der Waals surface area contributed by atoms with Gasteiger partial charge < -0.3 is 24.0 Å². The largest absolute Gasteiger partial charge is 0.478 e. The second kappa shape index (κ2) is 9.98. The topological polar surface area (TPSA) is 85.0 Å². The van der Waals surface area contributed by atoms with Crippen molar-refractivity contribution in [1.29, 1.82) is 0 Å². The first-order valence-electron chi connectivity index (χ1n) is 12.8. The number of carboxylic acid groups (broad SMARTS) is 1. The Morgan fingerprint density at radius 3 is 2.50 bits per heavy atom. The monoisotopic (exact) mass is 528 g/mol. The van der Waals surface area contributed by atoms with Crippen molar-refractivity contribution < 1.29 is 37.1 Å². The van der Waals surface area contributed by atoms with E-state index in [1.807, 2.05) is 0 Å². The normalized spacial score (nSPS) is 22.7. The fourth-order valence-corrected chi connectivity index (χ4v) is 5.91. The Labute approximate surface area is 217 Å². The van der Waals surface area contributed by atoms with Crippen molar-refractivity contribution in [2.75, 3.05) is 4.90 Å². The molecule has 200 valence electrons. The Morgan fingerprint density at radius 1 is 1.11 bits per heavy atom. The molecule has 3 aliphatic rings. The van der Waals surface area contributed by atoms with E-state index in [1.54, 1.807) is 24.3 Å². The van der Waals surface area contributed by atoms with Crippen molar-refractivity contribution in [1.82, 2.24) is 5.16 Å². The fraction of sp³-hybridized carbons (Fsp3) is 0.429. The van der Waals surface area contributed by atoms with Crippen LogP contribution in [-0.4, -0.2) is 41.0 Å². The molecule has 2 aliphatic heterocycles. The number of hydrogen-bond donors (Lipinski definition) is 1. The van der Waals surface area contributed by atoms with Gasteiger partial charge in [0.15, 0.2) is 0 Å². The van der Waals surface area contributed by atoms with Gasteiger partial charge in [-0.2, -0.15) is 8.78 Å². The lowest BCUT2D eigenvalue weighted by atomic mass is 9.98. The number of carboxylic acids is 1. The number of para-hydroxylation sites is 1. The van der Waals surface area contributed by atoms with Crippen LogP contribution in [0.2, 0.25) is 0 Å². The zero-order chi connectivity index (χ0) is 26.4. The first kappa shape index (κ1) is 24.8. The summed E-state index contributed by atoms with van der Waals surface area (Å²) < 4.78 is 57.7. The van der Waals surface area contributed by atoms with Gasteiger partial charge in [0.1, 0.15) is 23.0 Å². The minimum Gasteiger partial charge on any atom is -0.478 e. The molecule has 1 saturated carbocycles. The Hall–Kier alpha value is -3.53. The van der Waals surface area contributed by atoms with E-state index < -0.39 is 18.4 Å². The molecule has 38 heavy (non-hydrogen) atoms. The number of alkyl halides is 2. The smallest absolute Gasteiger partial charge is 0.387 e. The lowest BCUT2D eigenvalue weighted by Crippen LogP contribution is -2.46. The Kier molecular flexibility index (Phi) is 6.51. The molecular formula is C28H27F3N2O5. The summed E-state index contributed by atoms with van der Waals surface area (Å²) in [4.78, 5) is 13.3. The second-order valence-electron chi connectivity index (χ2n) is 10.2. The number of carbonyl (C=O) groups is 1. The van der Waals surface area contributed by atoms with E-state index >= 15 is 0 Å². The molecule has 0 spiro atoms. The predicted molar refractivity (Wildman–Crippen MR) is 131 cm³/mol. The van der Waals surface area contributed by atoms with Crippen molar-refractivity contribution in [3.05, 3.63) is 65.2 Å². The van der Waals surface area contributed by atoms with Crippen LogP contribution >= 0.6 is 0 Å². The first-order valence-corrected chi connectivity index (χ1v) is 12.8. The van der Waals surface area contributed by atoms with E-state index in [4.69, 9.17) is 19.1 Å². The predicted octanol–water partition coefficient (Wildman–Crippen LogP) is 6.37. The third kappa shape index (κ3) is 4.73. The maximum Gasteiger partial charge on any atom is 0.387 e. The van der Waals surface area contributed by atoms with Gasteiger partial charge in [-0.1, -0.05) is 17.3 Å². The number of aromatic carboxylic acids is 1. The molecule has 1 aromatic heterocycles. The molecule has 2 aromatic carbocycles. The molecule has 3 aromatic rings. The van der Waals surface area contributed by atoms with Crippen molar-refractivity contribution in [3.8, 4) is 17.0 Å². The van der Waals surface area contributed by atoms with E-state index in [2.05, 4.69) is 10.1 Å². The number of benzene rings is 2. The highest BCUT2D eigenvalue weighted by Crippen LogP contribution is 2.46. The molecule has 7 nitrogen and oxygen atoms in total. The number of anilines is 1. The number of ether oxygens (including phenoxy) is 2. The SMILES string of the molecule is O=C(O)c1ccc(N2C3CC[C@H]2CC(OCc2c(-c4ccccc4OC(F)F)noc2C2CC2)C3)c(F)c1.